The van der Waals surface area contributed by atoms with E-state index in [1.54, 1.807) is 6.20 Å². The Labute approximate surface area is 99.0 Å². The van der Waals surface area contributed by atoms with Gasteiger partial charge in [0.15, 0.2) is 5.78 Å². The van der Waals surface area contributed by atoms with Crippen LogP contribution in [0.15, 0.2) is 35.8 Å². The Morgan fingerprint density at radius 1 is 1.38 bits per heavy atom. The molecule has 0 N–H and O–H groups in total. The fourth-order valence-electron chi connectivity index (χ4n) is 1.59. The van der Waals surface area contributed by atoms with E-state index in [0.717, 1.165) is 16.1 Å². The monoisotopic (exact) mass is 231 g/mol. The second-order valence-corrected chi connectivity index (χ2v) is 4.69. The molecule has 0 saturated carbocycles. The fourth-order valence-corrected chi connectivity index (χ4v) is 2.54. The summed E-state index contributed by atoms with van der Waals surface area (Å²) in [6, 6.07) is 7.64. The third-order valence-electron chi connectivity index (χ3n) is 2.61. The highest BCUT2D eigenvalue weighted by Gasteiger charge is 2.20. The van der Waals surface area contributed by atoms with Crippen molar-refractivity contribution in [3.05, 3.63) is 52.0 Å². The topological polar surface area (TPSA) is 30.0 Å². The summed E-state index contributed by atoms with van der Waals surface area (Å²) in [5, 5.41) is 1.95. The molecular weight excluding hydrogens is 218 g/mol. The van der Waals surface area contributed by atoms with Gasteiger partial charge in [0.2, 0.25) is 0 Å². The van der Waals surface area contributed by atoms with Crippen molar-refractivity contribution in [3.8, 4) is 0 Å². The highest BCUT2D eigenvalue weighted by Crippen LogP contribution is 2.24. The highest BCUT2D eigenvalue weighted by atomic mass is 32.1. The van der Waals surface area contributed by atoms with Crippen LogP contribution in [0.4, 0.5) is 0 Å². The molecule has 2 aromatic rings. The van der Waals surface area contributed by atoms with Crippen molar-refractivity contribution in [2.75, 3.05) is 0 Å². The third-order valence-corrected chi connectivity index (χ3v) is 3.64. The maximum atomic E-state index is 12.2. The van der Waals surface area contributed by atoms with Crippen molar-refractivity contribution in [1.29, 1.82) is 0 Å². The standard InChI is InChI=1S/C13H13NOS/c1-9-6-8-16-13(9)12(15)10(2)11-5-3-4-7-14-11/h3-8,10H,1-2H3. The van der Waals surface area contributed by atoms with Crippen LogP contribution < -0.4 is 0 Å². The lowest BCUT2D eigenvalue weighted by Gasteiger charge is -2.08. The average Bonchev–Trinajstić information content (AvgIpc) is 2.75. The van der Waals surface area contributed by atoms with Gasteiger partial charge in [-0.1, -0.05) is 6.07 Å². The molecule has 0 spiro atoms. The van der Waals surface area contributed by atoms with Crippen LogP contribution in [0, 0.1) is 6.92 Å². The first-order valence-corrected chi connectivity index (χ1v) is 6.07. The second kappa shape index (κ2) is 4.58. The van der Waals surface area contributed by atoms with E-state index in [9.17, 15) is 4.79 Å². The normalized spacial score (nSPS) is 12.4. The SMILES string of the molecule is Cc1ccsc1C(=O)C(C)c1ccccn1. The predicted octanol–water partition coefficient (Wildman–Crippen LogP) is 3.44. The first-order chi connectivity index (χ1) is 7.70. The number of pyridine rings is 1. The molecule has 2 aromatic heterocycles. The lowest BCUT2D eigenvalue weighted by Crippen LogP contribution is -2.10. The summed E-state index contributed by atoms with van der Waals surface area (Å²) >= 11 is 1.50. The van der Waals surface area contributed by atoms with E-state index < -0.39 is 0 Å². The van der Waals surface area contributed by atoms with Crippen LogP contribution in [0.25, 0.3) is 0 Å². The number of carbonyl (C=O) groups is 1. The van der Waals surface area contributed by atoms with E-state index >= 15 is 0 Å². The molecule has 0 saturated heterocycles. The predicted molar refractivity (Wildman–Crippen MR) is 66.0 cm³/mol. The summed E-state index contributed by atoms with van der Waals surface area (Å²) in [7, 11) is 0. The maximum Gasteiger partial charge on any atom is 0.181 e. The lowest BCUT2D eigenvalue weighted by molar-refractivity contribution is 0.0968. The van der Waals surface area contributed by atoms with E-state index in [2.05, 4.69) is 4.98 Å². The molecule has 2 rings (SSSR count). The van der Waals surface area contributed by atoms with Crippen molar-refractivity contribution in [2.45, 2.75) is 19.8 Å². The minimum absolute atomic E-state index is 0.159. The van der Waals surface area contributed by atoms with Crippen molar-refractivity contribution >= 4 is 17.1 Å². The highest BCUT2D eigenvalue weighted by molar-refractivity contribution is 7.12. The van der Waals surface area contributed by atoms with Crippen LogP contribution in [0.2, 0.25) is 0 Å². The molecule has 16 heavy (non-hydrogen) atoms. The van der Waals surface area contributed by atoms with Gasteiger partial charge in [0.25, 0.3) is 0 Å². The van der Waals surface area contributed by atoms with Crippen LogP contribution in [0.3, 0.4) is 0 Å². The summed E-state index contributed by atoms with van der Waals surface area (Å²) in [6.07, 6.45) is 1.72. The smallest absolute Gasteiger partial charge is 0.181 e. The molecule has 0 aliphatic carbocycles. The van der Waals surface area contributed by atoms with Gasteiger partial charge in [-0.2, -0.15) is 0 Å². The number of hydrogen-bond donors (Lipinski definition) is 0. The molecule has 1 unspecified atom stereocenters. The average molecular weight is 231 g/mol. The third kappa shape index (κ3) is 2.04. The Morgan fingerprint density at radius 2 is 2.19 bits per heavy atom. The summed E-state index contributed by atoms with van der Waals surface area (Å²) in [6.45, 7) is 3.87. The second-order valence-electron chi connectivity index (χ2n) is 3.77. The zero-order valence-corrected chi connectivity index (χ0v) is 10.1. The van der Waals surface area contributed by atoms with Gasteiger partial charge in [-0.15, -0.1) is 11.3 Å². The summed E-state index contributed by atoms with van der Waals surface area (Å²) < 4.78 is 0. The molecule has 2 heterocycles. The Hall–Kier alpha value is -1.48. The number of carbonyl (C=O) groups excluding carboxylic acids is 1. The van der Waals surface area contributed by atoms with Crippen molar-refractivity contribution in [2.24, 2.45) is 0 Å². The number of Topliss-reactive ketones (excluding diaryl/α,β-unsaturated/α-hetero) is 1. The number of thiophene rings is 1. The Morgan fingerprint density at radius 3 is 2.75 bits per heavy atom. The number of ketones is 1. The summed E-state index contributed by atoms with van der Waals surface area (Å²) in [5.41, 5.74) is 1.89. The molecular formula is C13H13NOS. The zero-order valence-electron chi connectivity index (χ0n) is 9.31. The maximum absolute atomic E-state index is 12.2. The number of hydrogen-bond acceptors (Lipinski definition) is 3. The molecule has 0 fully saturated rings. The van der Waals surface area contributed by atoms with E-state index in [0.29, 0.717) is 0 Å². The largest absolute Gasteiger partial charge is 0.293 e. The van der Waals surface area contributed by atoms with Crippen molar-refractivity contribution in [3.63, 3.8) is 0 Å². The van der Waals surface area contributed by atoms with Crippen LogP contribution in [-0.2, 0) is 0 Å². The van der Waals surface area contributed by atoms with Gasteiger partial charge in [-0.25, -0.2) is 0 Å². The van der Waals surface area contributed by atoms with Gasteiger partial charge in [-0.3, -0.25) is 9.78 Å². The molecule has 0 amide bonds. The number of aromatic nitrogens is 1. The van der Waals surface area contributed by atoms with E-state index in [-0.39, 0.29) is 11.7 Å². The fraction of sp³-hybridized carbons (Fsp3) is 0.231. The molecule has 0 radical (unpaired) electrons. The Kier molecular flexibility index (Phi) is 3.15. The van der Waals surface area contributed by atoms with Crippen LogP contribution in [0.1, 0.15) is 33.8 Å². The van der Waals surface area contributed by atoms with Crippen molar-refractivity contribution in [1.82, 2.24) is 4.98 Å². The molecule has 82 valence electrons. The molecule has 1 atom stereocenters. The minimum atomic E-state index is -0.168. The van der Waals surface area contributed by atoms with Gasteiger partial charge in [-0.05, 0) is 43.0 Å². The van der Waals surface area contributed by atoms with Crippen LogP contribution in [-0.4, -0.2) is 10.8 Å². The Balaban J connectivity index is 2.27. The molecule has 0 aliphatic rings. The lowest BCUT2D eigenvalue weighted by atomic mass is 9.99. The minimum Gasteiger partial charge on any atom is -0.293 e. The molecule has 0 aliphatic heterocycles. The zero-order chi connectivity index (χ0) is 11.5. The van der Waals surface area contributed by atoms with E-state index in [1.165, 1.54) is 11.3 Å². The number of aryl methyl sites for hydroxylation is 1. The van der Waals surface area contributed by atoms with E-state index in [4.69, 9.17) is 0 Å². The quantitative estimate of drug-likeness (QED) is 0.757. The van der Waals surface area contributed by atoms with Gasteiger partial charge >= 0.3 is 0 Å². The first-order valence-electron chi connectivity index (χ1n) is 5.19. The summed E-state index contributed by atoms with van der Waals surface area (Å²) in [4.78, 5) is 17.3. The number of nitrogens with zero attached hydrogens (tertiary/aromatic N) is 1. The van der Waals surface area contributed by atoms with Gasteiger partial charge in [0.1, 0.15) is 0 Å². The first kappa shape index (κ1) is 11.0. The van der Waals surface area contributed by atoms with Gasteiger partial charge < -0.3 is 0 Å². The molecule has 0 bridgehead atoms. The molecule has 2 nitrogen and oxygen atoms in total. The van der Waals surface area contributed by atoms with Gasteiger partial charge in [0, 0.05) is 6.20 Å². The molecule has 3 heteroatoms. The summed E-state index contributed by atoms with van der Waals surface area (Å²) in [5.74, 6) is -0.00949. The Bertz CT molecular complexity index is 490. The molecule has 0 aromatic carbocycles. The van der Waals surface area contributed by atoms with Gasteiger partial charge in [0.05, 0.1) is 16.5 Å². The van der Waals surface area contributed by atoms with Crippen molar-refractivity contribution < 1.29 is 4.79 Å². The number of rotatable bonds is 3. The van der Waals surface area contributed by atoms with E-state index in [1.807, 2.05) is 43.5 Å². The van der Waals surface area contributed by atoms with Crippen LogP contribution in [0.5, 0.6) is 0 Å². The van der Waals surface area contributed by atoms with Crippen LogP contribution >= 0.6 is 11.3 Å².